The van der Waals surface area contributed by atoms with Crippen LogP contribution in [0.1, 0.15) is 18.9 Å². The molecular weight excluding hydrogens is 320 g/mol. The number of carbonyl (C=O) groups is 1. The number of carbonyl (C=O) groups excluding carboxylic acids is 1. The lowest BCUT2D eigenvalue weighted by Gasteiger charge is -2.25. The molecule has 0 spiro atoms. The highest BCUT2D eigenvalue weighted by atomic mass is 32.1. The van der Waals surface area contributed by atoms with E-state index in [-0.39, 0.29) is 12.3 Å². The zero-order chi connectivity index (χ0) is 17.2. The Labute approximate surface area is 147 Å². The fraction of sp³-hybridized carbons (Fsp3) is 0.222. The summed E-state index contributed by atoms with van der Waals surface area (Å²) in [6, 6.07) is 17.4. The van der Waals surface area contributed by atoms with Crippen LogP contribution in [0.25, 0.3) is 0 Å². The first-order valence-electron chi connectivity index (χ1n) is 7.77. The van der Waals surface area contributed by atoms with Crippen molar-refractivity contribution in [2.45, 2.75) is 25.9 Å². The van der Waals surface area contributed by atoms with E-state index < -0.39 is 5.66 Å². The Balaban J connectivity index is 1.67. The lowest BCUT2D eigenvalue weighted by molar-refractivity contribution is -0.117. The van der Waals surface area contributed by atoms with Crippen molar-refractivity contribution in [3.8, 4) is 0 Å². The van der Waals surface area contributed by atoms with Crippen molar-refractivity contribution in [2.24, 2.45) is 0 Å². The highest BCUT2D eigenvalue weighted by molar-refractivity contribution is 7.80. The summed E-state index contributed by atoms with van der Waals surface area (Å²) in [6.07, 6.45) is 0.240. The van der Waals surface area contributed by atoms with Gasteiger partial charge in [-0.25, -0.2) is 5.43 Å². The minimum absolute atomic E-state index is 0.0859. The van der Waals surface area contributed by atoms with Crippen molar-refractivity contribution < 1.29 is 4.79 Å². The minimum atomic E-state index is -0.638. The number of hydrogen-bond donors (Lipinski definition) is 3. The molecule has 0 unspecified atom stereocenters. The van der Waals surface area contributed by atoms with Crippen LogP contribution in [0.15, 0.2) is 54.6 Å². The summed E-state index contributed by atoms with van der Waals surface area (Å²) in [7, 11) is 0. The second kappa shape index (κ2) is 6.59. The van der Waals surface area contributed by atoms with Crippen molar-refractivity contribution in [1.82, 2.24) is 10.7 Å². The Morgan fingerprint density at radius 3 is 2.50 bits per heavy atom. The predicted octanol–water partition coefficient (Wildman–Crippen LogP) is 2.94. The van der Waals surface area contributed by atoms with Crippen LogP contribution in [0.3, 0.4) is 0 Å². The van der Waals surface area contributed by atoms with Crippen LogP contribution >= 0.6 is 12.2 Å². The highest BCUT2D eigenvalue weighted by Gasteiger charge is 2.38. The topological polar surface area (TPSA) is 56.4 Å². The molecule has 3 rings (SSSR count). The molecule has 1 atom stereocenters. The Kier molecular flexibility index (Phi) is 4.51. The molecule has 1 heterocycles. The molecule has 1 amide bonds. The number of hydrogen-bond acceptors (Lipinski definition) is 3. The molecule has 2 aromatic rings. The second-order valence-electron chi connectivity index (χ2n) is 6.14. The minimum Gasteiger partial charge on any atom is -0.341 e. The smallest absolute Gasteiger partial charge is 0.228 e. The summed E-state index contributed by atoms with van der Waals surface area (Å²) in [5.41, 5.74) is 5.55. The van der Waals surface area contributed by atoms with Crippen LogP contribution in [-0.4, -0.2) is 16.7 Å². The zero-order valence-electron chi connectivity index (χ0n) is 13.7. The first kappa shape index (κ1) is 16.4. The van der Waals surface area contributed by atoms with Crippen molar-refractivity contribution in [2.75, 3.05) is 10.3 Å². The Hall–Kier alpha value is -2.44. The molecule has 0 aliphatic carbocycles. The summed E-state index contributed by atoms with van der Waals surface area (Å²) in [4.78, 5) is 12.3. The third kappa shape index (κ3) is 3.72. The molecule has 3 N–H and O–H groups in total. The summed E-state index contributed by atoms with van der Waals surface area (Å²) in [6.45, 7) is 3.95. The van der Waals surface area contributed by atoms with Gasteiger partial charge in [-0.15, -0.1) is 0 Å². The fourth-order valence-electron chi connectivity index (χ4n) is 2.62. The summed E-state index contributed by atoms with van der Waals surface area (Å²) in [5, 5.41) is 8.43. The predicted molar refractivity (Wildman–Crippen MR) is 101 cm³/mol. The zero-order valence-corrected chi connectivity index (χ0v) is 14.5. The molecule has 1 fully saturated rings. The van der Waals surface area contributed by atoms with Gasteiger partial charge in [-0.05, 0) is 50.3 Å². The molecule has 0 bridgehead atoms. The quantitative estimate of drug-likeness (QED) is 0.747. The number of nitrogens with one attached hydrogen (secondary N) is 3. The maximum Gasteiger partial charge on any atom is 0.228 e. The number of nitrogens with zero attached hydrogens (tertiary/aromatic N) is 1. The Bertz CT molecular complexity index is 747. The van der Waals surface area contributed by atoms with E-state index in [9.17, 15) is 4.79 Å². The maximum atomic E-state index is 12.3. The van der Waals surface area contributed by atoms with Gasteiger partial charge in [0.25, 0.3) is 0 Å². The van der Waals surface area contributed by atoms with Crippen molar-refractivity contribution >= 4 is 34.6 Å². The van der Waals surface area contributed by atoms with Gasteiger partial charge >= 0.3 is 0 Å². The van der Waals surface area contributed by atoms with Gasteiger partial charge in [0.05, 0.1) is 12.1 Å². The van der Waals surface area contributed by atoms with Crippen molar-refractivity contribution in [3.63, 3.8) is 0 Å². The van der Waals surface area contributed by atoms with E-state index in [0.717, 1.165) is 11.4 Å². The van der Waals surface area contributed by atoms with Crippen LogP contribution in [0.5, 0.6) is 0 Å². The van der Waals surface area contributed by atoms with Gasteiger partial charge in [0.2, 0.25) is 5.91 Å². The molecule has 1 aliphatic heterocycles. The van der Waals surface area contributed by atoms with Gasteiger partial charge in [0.15, 0.2) is 5.11 Å². The third-order valence-electron chi connectivity index (χ3n) is 3.81. The van der Waals surface area contributed by atoms with Crippen LogP contribution in [0, 0.1) is 6.92 Å². The van der Waals surface area contributed by atoms with Crippen LogP contribution in [-0.2, 0) is 4.79 Å². The molecule has 5 nitrogen and oxygen atoms in total. The van der Waals surface area contributed by atoms with Gasteiger partial charge < -0.3 is 10.6 Å². The number of thiocarbonyl (C=S) groups is 1. The summed E-state index contributed by atoms with van der Waals surface area (Å²) >= 11 is 5.41. The molecule has 1 aliphatic rings. The van der Waals surface area contributed by atoms with E-state index in [2.05, 4.69) is 16.1 Å². The largest absolute Gasteiger partial charge is 0.341 e. The monoisotopic (exact) mass is 340 g/mol. The van der Waals surface area contributed by atoms with Gasteiger partial charge in [-0.2, -0.15) is 0 Å². The van der Waals surface area contributed by atoms with E-state index in [4.69, 9.17) is 12.2 Å². The number of hydrazine groups is 1. The normalized spacial score (nSPS) is 19.9. The second-order valence-corrected chi connectivity index (χ2v) is 6.52. The third-order valence-corrected chi connectivity index (χ3v) is 4.09. The number of benzene rings is 2. The summed E-state index contributed by atoms with van der Waals surface area (Å²) < 4.78 is 0. The molecular formula is C18H20N4OS. The summed E-state index contributed by atoms with van der Waals surface area (Å²) in [5.74, 6) is -0.0859. The molecule has 0 aromatic heterocycles. The molecule has 0 radical (unpaired) electrons. The van der Waals surface area contributed by atoms with Gasteiger partial charge in [0.1, 0.15) is 5.66 Å². The van der Waals surface area contributed by atoms with E-state index >= 15 is 0 Å². The number of amides is 1. The van der Waals surface area contributed by atoms with Crippen LogP contribution < -0.4 is 21.1 Å². The molecule has 124 valence electrons. The van der Waals surface area contributed by atoms with Crippen molar-refractivity contribution in [1.29, 1.82) is 0 Å². The number of anilines is 2. The van der Waals surface area contributed by atoms with Gasteiger partial charge in [-0.1, -0.05) is 35.9 Å². The van der Waals surface area contributed by atoms with Gasteiger partial charge in [0, 0.05) is 5.69 Å². The lowest BCUT2D eigenvalue weighted by atomic mass is 10.1. The standard InChI is InChI=1S/C18H20N4OS/c1-13-8-10-15(11-9-13)22-17(24)20-18(2,21-22)12-16(23)19-14-6-4-3-5-7-14/h3-11,21H,12H2,1-2H3,(H,19,23)(H,20,24)/t18-/m0/s1. The molecule has 2 aromatic carbocycles. The molecule has 6 heteroatoms. The van der Waals surface area contributed by atoms with Crippen LogP contribution in [0.2, 0.25) is 0 Å². The maximum absolute atomic E-state index is 12.3. The Morgan fingerprint density at radius 1 is 1.17 bits per heavy atom. The SMILES string of the molecule is Cc1ccc(N2N[C@@](C)(CC(=O)Nc3ccccc3)NC2=S)cc1. The van der Waals surface area contributed by atoms with Gasteiger partial charge in [-0.3, -0.25) is 9.80 Å². The van der Waals surface area contributed by atoms with E-state index in [1.807, 2.05) is 68.4 Å². The van der Waals surface area contributed by atoms with E-state index in [1.54, 1.807) is 5.01 Å². The first-order valence-corrected chi connectivity index (χ1v) is 8.18. The number of para-hydroxylation sites is 1. The van der Waals surface area contributed by atoms with E-state index in [0.29, 0.717) is 5.11 Å². The molecule has 24 heavy (non-hydrogen) atoms. The van der Waals surface area contributed by atoms with Crippen molar-refractivity contribution in [3.05, 3.63) is 60.2 Å². The number of aryl methyl sites for hydroxylation is 1. The molecule has 1 saturated heterocycles. The average Bonchev–Trinajstić information content (AvgIpc) is 2.83. The first-order chi connectivity index (χ1) is 11.5. The molecule has 0 saturated carbocycles. The van der Waals surface area contributed by atoms with Crippen LogP contribution in [0.4, 0.5) is 11.4 Å². The van der Waals surface area contributed by atoms with E-state index in [1.165, 1.54) is 5.56 Å². The highest BCUT2D eigenvalue weighted by Crippen LogP contribution is 2.22. The lowest BCUT2D eigenvalue weighted by Crippen LogP contribution is -2.50. The average molecular weight is 340 g/mol. The number of rotatable bonds is 4. The fourth-order valence-corrected chi connectivity index (χ4v) is 3.00. The Morgan fingerprint density at radius 2 is 1.83 bits per heavy atom.